The van der Waals surface area contributed by atoms with E-state index in [1.54, 1.807) is 0 Å². The summed E-state index contributed by atoms with van der Waals surface area (Å²) in [5, 5.41) is 3.58. The van der Waals surface area contributed by atoms with Crippen LogP contribution in [0.25, 0.3) is 22.3 Å². The second-order valence-corrected chi connectivity index (χ2v) is 12.5. The number of hydrogen-bond acceptors (Lipinski definition) is 2. The van der Waals surface area contributed by atoms with Crippen LogP contribution >= 0.6 is 0 Å². The summed E-state index contributed by atoms with van der Waals surface area (Å²) < 4.78 is 0. The van der Waals surface area contributed by atoms with Crippen LogP contribution in [0.1, 0.15) is 55.5 Å². The number of benzene rings is 5. The van der Waals surface area contributed by atoms with Gasteiger partial charge in [0, 0.05) is 42.0 Å². The Morgan fingerprint density at radius 3 is 1.78 bits per heavy atom. The van der Waals surface area contributed by atoms with Gasteiger partial charge in [-0.05, 0) is 81.3 Å². The highest BCUT2D eigenvalue weighted by molar-refractivity contribution is 5.83. The Hall–Kier alpha value is -4.30. The van der Waals surface area contributed by atoms with E-state index in [1.807, 2.05) is 0 Å². The van der Waals surface area contributed by atoms with Crippen LogP contribution in [0.4, 0.5) is 17.1 Å². The van der Waals surface area contributed by atoms with E-state index in [2.05, 4.69) is 168 Å². The number of anilines is 3. The molecule has 1 heterocycles. The molecule has 0 unspecified atom stereocenters. The minimum Gasteiger partial charge on any atom is -0.388 e. The number of rotatable bonds is 5. The topological polar surface area (TPSA) is 15.3 Å². The molecule has 0 saturated heterocycles. The van der Waals surface area contributed by atoms with Crippen molar-refractivity contribution >= 4 is 17.1 Å². The maximum absolute atomic E-state index is 3.58. The molecule has 0 saturated carbocycles. The van der Waals surface area contributed by atoms with Gasteiger partial charge in [-0.15, -0.1) is 0 Å². The summed E-state index contributed by atoms with van der Waals surface area (Å²) in [4.78, 5) is 2.39. The standard InChI is InChI=1S/C39H40N2/c1-26-18-19-29(27-14-10-8-11-15-27)22-31(26)38(2,3)32-25-37-34(24-35(32)40-6)39(4,5)33-23-30(20-21-36(33)41(37)7)28-16-12-9-13-17-28/h8-25,40H,1-7H3. The SMILES string of the molecule is CNc1cc2c(cc1C(C)(C)c1cc(-c3ccccc3)ccc1C)N(C)c1ccc(-c3ccccc3)cc1C2(C)C. The van der Waals surface area contributed by atoms with Gasteiger partial charge in [-0.2, -0.15) is 0 Å². The molecule has 6 rings (SSSR count). The van der Waals surface area contributed by atoms with E-state index in [9.17, 15) is 0 Å². The molecule has 1 aliphatic heterocycles. The zero-order valence-electron chi connectivity index (χ0n) is 25.3. The Kier molecular flexibility index (Phi) is 6.53. The molecule has 0 spiro atoms. The lowest BCUT2D eigenvalue weighted by Crippen LogP contribution is -2.32. The van der Waals surface area contributed by atoms with Crippen LogP contribution < -0.4 is 10.2 Å². The number of aryl methyl sites for hydroxylation is 1. The monoisotopic (exact) mass is 536 g/mol. The molecular weight excluding hydrogens is 496 g/mol. The highest BCUT2D eigenvalue weighted by Crippen LogP contribution is 2.52. The molecule has 0 aromatic heterocycles. The molecule has 0 amide bonds. The van der Waals surface area contributed by atoms with Crippen molar-refractivity contribution < 1.29 is 0 Å². The highest BCUT2D eigenvalue weighted by Gasteiger charge is 2.38. The zero-order valence-corrected chi connectivity index (χ0v) is 25.3. The van der Waals surface area contributed by atoms with Crippen LogP contribution in [0.5, 0.6) is 0 Å². The van der Waals surface area contributed by atoms with Gasteiger partial charge < -0.3 is 10.2 Å². The third-order valence-electron chi connectivity index (χ3n) is 9.27. The first-order chi connectivity index (χ1) is 19.6. The Morgan fingerprint density at radius 2 is 1.17 bits per heavy atom. The van der Waals surface area contributed by atoms with Crippen LogP contribution in [-0.4, -0.2) is 14.1 Å². The maximum atomic E-state index is 3.58. The number of nitrogens with one attached hydrogen (secondary N) is 1. The number of fused-ring (bicyclic) bond motifs is 2. The molecule has 206 valence electrons. The van der Waals surface area contributed by atoms with Crippen LogP contribution in [0.2, 0.25) is 0 Å². The first-order valence-electron chi connectivity index (χ1n) is 14.6. The molecular formula is C39H40N2. The molecule has 5 aromatic carbocycles. The van der Waals surface area contributed by atoms with Crippen LogP contribution in [0, 0.1) is 6.92 Å². The molecule has 5 aromatic rings. The van der Waals surface area contributed by atoms with Crippen molar-refractivity contribution in [2.75, 3.05) is 24.3 Å². The first kappa shape index (κ1) is 26.9. The van der Waals surface area contributed by atoms with Crippen molar-refractivity contribution in [2.24, 2.45) is 0 Å². The zero-order chi connectivity index (χ0) is 28.9. The lowest BCUT2D eigenvalue weighted by molar-refractivity contribution is 0.618. The summed E-state index contributed by atoms with van der Waals surface area (Å²) in [6.07, 6.45) is 0. The van der Waals surface area contributed by atoms with Gasteiger partial charge in [0.25, 0.3) is 0 Å². The Balaban J connectivity index is 1.49. The van der Waals surface area contributed by atoms with Gasteiger partial charge in [0.2, 0.25) is 0 Å². The molecule has 41 heavy (non-hydrogen) atoms. The fourth-order valence-corrected chi connectivity index (χ4v) is 6.76. The van der Waals surface area contributed by atoms with Gasteiger partial charge in [0.15, 0.2) is 0 Å². The Morgan fingerprint density at radius 1 is 0.610 bits per heavy atom. The van der Waals surface area contributed by atoms with Crippen molar-refractivity contribution in [2.45, 2.75) is 45.4 Å². The van der Waals surface area contributed by atoms with Gasteiger partial charge in [-0.25, -0.2) is 0 Å². The molecule has 0 aliphatic carbocycles. The summed E-state index contributed by atoms with van der Waals surface area (Å²) in [5.41, 5.74) is 15.0. The van der Waals surface area contributed by atoms with E-state index in [4.69, 9.17) is 0 Å². The summed E-state index contributed by atoms with van der Waals surface area (Å²) in [6, 6.07) is 40.1. The van der Waals surface area contributed by atoms with Gasteiger partial charge in [0.1, 0.15) is 0 Å². The van der Waals surface area contributed by atoms with Crippen LogP contribution in [0.3, 0.4) is 0 Å². The lowest BCUT2D eigenvalue weighted by Gasteiger charge is -2.42. The molecule has 1 N–H and O–H groups in total. The van der Waals surface area contributed by atoms with Crippen LogP contribution in [-0.2, 0) is 10.8 Å². The van der Waals surface area contributed by atoms with E-state index in [-0.39, 0.29) is 10.8 Å². The van der Waals surface area contributed by atoms with E-state index < -0.39 is 0 Å². The smallest absolute Gasteiger partial charge is 0.0454 e. The molecule has 0 radical (unpaired) electrons. The van der Waals surface area contributed by atoms with Gasteiger partial charge in [-0.1, -0.05) is 113 Å². The molecule has 1 aliphatic rings. The summed E-state index contributed by atoms with van der Waals surface area (Å²) >= 11 is 0. The number of nitrogens with zero attached hydrogens (tertiary/aromatic N) is 1. The van der Waals surface area contributed by atoms with Crippen molar-refractivity contribution in [1.82, 2.24) is 0 Å². The normalized spacial score (nSPS) is 13.9. The third-order valence-corrected chi connectivity index (χ3v) is 9.27. The first-order valence-corrected chi connectivity index (χ1v) is 14.6. The van der Waals surface area contributed by atoms with E-state index in [1.165, 1.54) is 67.1 Å². The average Bonchev–Trinajstić information content (AvgIpc) is 3.00. The van der Waals surface area contributed by atoms with E-state index in [0.29, 0.717) is 0 Å². The quantitative estimate of drug-likeness (QED) is 0.240. The third kappa shape index (κ3) is 4.43. The van der Waals surface area contributed by atoms with Gasteiger partial charge in [-0.3, -0.25) is 0 Å². The summed E-state index contributed by atoms with van der Waals surface area (Å²) in [5.74, 6) is 0. The predicted molar refractivity (Wildman–Crippen MR) is 177 cm³/mol. The second-order valence-electron chi connectivity index (χ2n) is 12.5. The molecule has 0 atom stereocenters. The molecule has 0 bridgehead atoms. The van der Waals surface area contributed by atoms with E-state index in [0.717, 1.165) is 0 Å². The van der Waals surface area contributed by atoms with E-state index >= 15 is 0 Å². The number of hydrogen-bond donors (Lipinski definition) is 1. The molecule has 0 fully saturated rings. The van der Waals surface area contributed by atoms with Gasteiger partial charge in [0.05, 0.1) is 0 Å². The van der Waals surface area contributed by atoms with Crippen molar-refractivity contribution in [3.05, 3.63) is 137 Å². The predicted octanol–water partition coefficient (Wildman–Crippen LogP) is 10.1. The van der Waals surface area contributed by atoms with Crippen LogP contribution in [0.15, 0.2) is 109 Å². The highest BCUT2D eigenvalue weighted by atomic mass is 15.1. The average molecular weight is 537 g/mol. The fraction of sp³-hybridized carbons (Fsp3) is 0.231. The van der Waals surface area contributed by atoms with Crippen molar-refractivity contribution in [3.8, 4) is 22.3 Å². The Bertz CT molecular complexity index is 1730. The Labute approximate surface area is 245 Å². The maximum Gasteiger partial charge on any atom is 0.0454 e. The lowest BCUT2D eigenvalue weighted by atomic mass is 9.69. The largest absolute Gasteiger partial charge is 0.388 e. The summed E-state index contributed by atoms with van der Waals surface area (Å²) in [6.45, 7) is 11.7. The molecule has 2 heteroatoms. The van der Waals surface area contributed by atoms with Crippen molar-refractivity contribution in [3.63, 3.8) is 0 Å². The minimum absolute atomic E-state index is 0.153. The fourth-order valence-electron chi connectivity index (χ4n) is 6.76. The summed E-state index contributed by atoms with van der Waals surface area (Å²) in [7, 11) is 4.27. The van der Waals surface area contributed by atoms with Crippen molar-refractivity contribution in [1.29, 1.82) is 0 Å². The van der Waals surface area contributed by atoms with Gasteiger partial charge >= 0.3 is 0 Å². The molecule has 2 nitrogen and oxygen atoms in total. The minimum atomic E-state index is -0.218. The second kappa shape index (κ2) is 9.96.